The number of carboxylic acid groups (broad SMARTS) is 1. The van der Waals surface area contributed by atoms with E-state index in [1.165, 1.54) is 45.2 Å². The van der Waals surface area contributed by atoms with Crippen LogP contribution in [0.25, 0.3) is 0 Å². The van der Waals surface area contributed by atoms with Crippen molar-refractivity contribution in [1.82, 2.24) is 4.90 Å². The zero-order valence-corrected chi connectivity index (χ0v) is 11.5. The molecule has 0 bridgehead atoms. The predicted octanol–water partition coefficient (Wildman–Crippen LogP) is 2.90. The van der Waals surface area contributed by atoms with Crippen LogP contribution in [0.4, 0.5) is 0 Å². The smallest absolute Gasteiger partial charge is 0.310 e. The number of carbonyl (C=O) groups is 1. The fraction of sp³-hybridized carbons (Fsp3) is 0.933. The van der Waals surface area contributed by atoms with E-state index in [4.69, 9.17) is 0 Å². The molecule has 0 amide bonds. The standard InChI is InChI=1S/C15H25NO2/c1-14(13(17)18)7-5-6-12(14)16-10-15(11-16)8-3-2-4-9-15/h12H,2-11H2,1H3,(H,17,18). The average Bonchev–Trinajstić information content (AvgIpc) is 2.70. The molecule has 1 spiro atoms. The van der Waals surface area contributed by atoms with Crippen molar-refractivity contribution < 1.29 is 9.90 Å². The fourth-order valence-corrected chi connectivity index (χ4v) is 4.64. The predicted molar refractivity (Wildman–Crippen MR) is 70.5 cm³/mol. The Morgan fingerprint density at radius 3 is 2.39 bits per heavy atom. The molecule has 0 aromatic rings. The maximum atomic E-state index is 11.5. The number of carboxylic acids is 1. The second-order valence-corrected chi connectivity index (χ2v) is 7.10. The SMILES string of the molecule is CC1(C(=O)O)CCCC1N1CC2(CCCCC2)C1. The summed E-state index contributed by atoms with van der Waals surface area (Å²) < 4.78 is 0. The summed E-state index contributed by atoms with van der Waals surface area (Å²) >= 11 is 0. The molecule has 18 heavy (non-hydrogen) atoms. The molecule has 1 saturated heterocycles. The Morgan fingerprint density at radius 1 is 1.11 bits per heavy atom. The number of nitrogens with zero attached hydrogens (tertiary/aromatic N) is 1. The highest BCUT2D eigenvalue weighted by Crippen LogP contribution is 2.50. The molecule has 0 aromatic carbocycles. The van der Waals surface area contributed by atoms with E-state index in [1.807, 2.05) is 6.92 Å². The van der Waals surface area contributed by atoms with Crippen molar-refractivity contribution in [2.45, 2.75) is 64.3 Å². The van der Waals surface area contributed by atoms with Crippen molar-refractivity contribution in [3.63, 3.8) is 0 Å². The monoisotopic (exact) mass is 251 g/mol. The van der Waals surface area contributed by atoms with Crippen LogP contribution in [-0.4, -0.2) is 35.1 Å². The van der Waals surface area contributed by atoms with Gasteiger partial charge in [-0.15, -0.1) is 0 Å². The Labute approximate surface area is 110 Å². The van der Waals surface area contributed by atoms with Crippen LogP contribution in [0.5, 0.6) is 0 Å². The van der Waals surface area contributed by atoms with Crippen LogP contribution < -0.4 is 0 Å². The first kappa shape index (κ1) is 12.5. The van der Waals surface area contributed by atoms with Gasteiger partial charge in [-0.05, 0) is 38.0 Å². The minimum Gasteiger partial charge on any atom is -0.481 e. The molecule has 3 heteroatoms. The van der Waals surface area contributed by atoms with Crippen LogP contribution in [0.2, 0.25) is 0 Å². The Morgan fingerprint density at radius 2 is 1.78 bits per heavy atom. The van der Waals surface area contributed by atoms with Gasteiger partial charge in [-0.3, -0.25) is 9.69 Å². The van der Waals surface area contributed by atoms with Crippen molar-refractivity contribution in [1.29, 1.82) is 0 Å². The third-order valence-electron chi connectivity index (χ3n) is 5.83. The highest BCUT2D eigenvalue weighted by atomic mass is 16.4. The van der Waals surface area contributed by atoms with Crippen LogP contribution in [0.1, 0.15) is 58.3 Å². The normalized spacial score (nSPS) is 39.7. The van der Waals surface area contributed by atoms with E-state index in [-0.39, 0.29) is 0 Å². The molecule has 3 nitrogen and oxygen atoms in total. The molecule has 1 N–H and O–H groups in total. The topological polar surface area (TPSA) is 40.5 Å². The number of rotatable bonds is 2. The number of likely N-dealkylation sites (tertiary alicyclic amines) is 1. The fourth-order valence-electron chi connectivity index (χ4n) is 4.64. The van der Waals surface area contributed by atoms with Crippen LogP contribution >= 0.6 is 0 Å². The zero-order valence-electron chi connectivity index (χ0n) is 11.5. The lowest BCUT2D eigenvalue weighted by molar-refractivity contribution is -0.156. The van der Waals surface area contributed by atoms with Gasteiger partial charge in [0.2, 0.25) is 0 Å². The minimum absolute atomic E-state index is 0.294. The van der Waals surface area contributed by atoms with Crippen LogP contribution in [0, 0.1) is 10.8 Å². The Bertz CT molecular complexity index is 340. The molecule has 3 rings (SSSR count). The molecule has 2 unspecified atom stereocenters. The summed E-state index contributed by atoms with van der Waals surface area (Å²) in [5, 5.41) is 9.49. The highest BCUT2D eigenvalue weighted by molar-refractivity contribution is 5.75. The molecular weight excluding hydrogens is 226 g/mol. The van der Waals surface area contributed by atoms with E-state index in [9.17, 15) is 9.90 Å². The zero-order chi connectivity index (χ0) is 12.8. The summed E-state index contributed by atoms with van der Waals surface area (Å²) in [4.78, 5) is 14.0. The Hall–Kier alpha value is -0.570. The van der Waals surface area contributed by atoms with Gasteiger partial charge in [0.1, 0.15) is 0 Å². The second kappa shape index (κ2) is 4.22. The maximum absolute atomic E-state index is 11.5. The van der Waals surface area contributed by atoms with Crippen molar-refractivity contribution in [3.8, 4) is 0 Å². The summed E-state index contributed by atoms with van der Waals surface area (Å²) in [6.07, 6.45) is 9.94. The van der Waals surface area contributed by atoms with E-state index < -0.39 is 11.4 Å². The molecule has 3 aliphatic rings. The first-order chi connectivity index (χ1) is 8.56. The number of hydrogen-bond acceptors (Lipinski definition) is 2. The van der Waals surface area contributed by atoms with E-state index in [1.54, 1.807) is 0 Å². The van der Waals surface area contributed by atoms with Crippen LogP contribution in [0.15, 0.2) is 0 Å². The summed E-state index contributed by atoms with van der Waals surface area (Å²) in [5.41, 5.74) is 0.0799. The van der Waals surface area contributed by atoms with Crippen LogP contribution in [-0.2, 0) is 4.79 Å². The molecule has 1 heterocycles. The average molecular weight is 251 g/mol. The van der Waals surface area contributed by atoms with E-state index in [0.717, 1.165) is 19.3 Å². The lowest BCUT2D eigenvalue weighted by atomic mass is 9.67. The Kier molecular flexibility index (Phi) is 2.92. The summed E-state index contributed by atoms with van der Waals surface area (Å²) in [6.45, 7) is 4.29. The third kappa shape index (κ3) is 1.78. The van der Waals surface area contributed by atoms with Gasteiger partial charge in [-0.25, -0.2) is 0 Å². The summed E-state index contributed by atoms with van der Waals surface area (Å²) in [6, 6.07) is 0.294. The molecule has 2 saturated carbocycles. The molecule has 102 valence electrons. The second-order valence-electron chi connectivity index (χ2n) is 7.10. The number of hydrogen-bond donors (Lipinski definition) is 1. The third-order valence-corrected chi connectivity index (χ3v) is 5.83. The highest BCUT2D eigenvalue weighted by Gasteiger charge is 2.54. The van der Waals surface area contributed by atoms with Crippen molar-refractivity contribution in [3.05, 3.63) is 0 Å². The van der Waals surface area contributed by atoms with Gasteiger partial charge in [0.15, 0.2) is 0 Å². The molecule has 3 fully saturated rings. The lowest BCUT2D eigenvalue weighted by Gasteiger charge is -2.56. The van der Waals surface area contributed by atoms with E-state index >= 15 is 0 Å². The molecule has 0 aromatic heterocycles. The molecular formula is C15H25NO2. The lowest BCUT2D eigenvalue weighted by Crippen LogP contribution is -2.63. The van der Waals surface area contributed by atoms with Gasteiger partial charge in [-0.1, -0.05) is 25.7 Å². The minimum atomic E-state index is -0.588. The number of aliphatic carboxylic acids is 1. The first-order valence-corrected chi connectivity index (χ1v) is 7.53. The van der Waals surface area contributed by atoms with Crippen molar-refractivity contribution in [2.75, 3.05) is 13.1 Å². The largest absolute Gasteiger partial charge is 0.481 e. The summed E-state index contributed by atoms with van der Waals surface area (Å²) in [7, 11) is 0. The van der Waals surface area contributed by atoms with E-state index in [2.05, 4.69) is 4.90 Å². The van der Waals surface area contributed by atoms with Gasteiger partial charge < -0.3 is 5.11 Å². The van der Waals surface area contributed by atoms with Crippen LogP contribution in [0.3, 0.4) is 0 Å². The Balaban J connectivity index is 1.65. The van der Waals surface area contributed by atoms with Crippen molar-refractivity contribution in [2.24, 2.45) is 10.8 Å². The van der Waals surface area contributed by atoms with Gasteiger partial charge in [0, 0.05) is 19.1 Å². The van der Waals surface area contributed by atoms with Gasteiger partial charge >= 0.3 is 5.97 Å². The first-order valence-electron chi connectivity index (χ1n) is 7.53. The molecule has 2 aliphatic carbocycles. The van der Waals surface area contributed by atoms with E-state index in [0.29, 0.717) is 11.5 Å². The quantitative estimate of drug-likeness (QED) is 0.820. The summed E-state index contributed by atoms with van der Waals surface area (Å²) in [5.74, 6) is -0.588. The van der Waals surface area contributed by atoms with Crippen molar-refractivity contribution >= 4 is 5.97 Å². The maximum Gasteiger partial charge on any atom is 0.310 e. The molecule has 1 aliphatic heterocycles. The van der Waals surface area contributed by atoms with Gasteiger partial charge in [-0.2, -0.15) is 0 Å². The van der Waals surface area contributed by atoms with Gasteiger partial charge in [0.25, 0.3) is 0 Å². The van der Waals surface area contributed by atoms with Gasteiger partial charge in [0.05, 0.1) is 5.41 Å². The molecule has 0 radical (unpaired) electrons. The molecule has 2 atom stereocenters.